The molecule has 1 unspecified atom stereocenters. The van der Waals surface area contributed by atoms with Crippen LogP contribution in [0.2, 0.25) is 5.02 Å². The van der Waals surface area contributed by atoms with E-state index in [9.17, 15) is 14.1 Å². The molecule has 0 bridgehead atoms. The third kappa shape index (κ3) is 3.59. The van der Waals surface area contributed by atoms with Gasteiger partial charge in [0.2, 0.25) is 5.88 Å². The van der Waals surface area contributed by atoms with E-state index >= 15 is 0 Å². The Morgan fingerprint density at radius 3 is 2.77 bits per heavy atom. The van der Waals surface area contributed by atoms with Crippen molar-refractivity contribution in [2.24, 2.45) is 0 Å². The summed E-state index contributed by atoms with van der Waals surface area (Å²) in [5.41, 5.74) is 3.42. The summed E-state index contributed by atoms with van der Waals surface area (Å²) < 4.78 is 18.7. The zero-order chi connectivity index (χ0) is 21.7. The van der Waals surface area contributed by atoms with Gasteiger partial charge in [0.05, 0.1) is 35.5 Å². The summed E-state index contributed by atoms with van der Waals surface area (Å²) in [4.78, 5) is 18.5. The Kier molecular flexibility index (Phi) is 5.37. The molecule has 0 saturated carbocycles. The second-order valence-corrected chi connectivity index (χ2v) is 11.0. The topological polar surface area (TPSA) is 81.4 Å². The smallest absolute Gasteiger partial charge is 0.310 e. The molecule has 31 heavy (non-hydrogen) atoms. The van der Waals surface area contributed by atoms with Crippen molar-refractivity contribution in [3.05, 3.63) is 60.5 Å². The van der Waals surface area contributed by atoms with Crippen molar-refractivity contribution in [1.29, 1.82) is 0 Å². The monoisotopic (exact) mass is 492 g/mol. The SMILES string of the molecule is COc1ccc(-c2c(Cl)c(Cn3c(O)csc3=O)nc3sc4c(c23)CCS(=O)C4)cc1. The Hall–Kier alpha value is -2.20. The van der Waals surface area contributed by atoms with Crippen LogP contribution in [0.4, 0.5) is 0 Å². The summed E-state index contributed by atoms with van der Waals surface area (Å²) in [7, 11) is 0.746. The molecule has 1 aliphatic rings. The second kappa shape index (κ2) is 8.05. The number of halogens is 1. The first-order chi connectivity index (χ1) is 15.0. The maximum Gasteiger partial charge on any atom is 0.310 e. The van der Waals surface area contributed by atoms with Gasteiger partial charge >= 0.3 is 4.87 Å². The van der Waals surface area contributed by atoms with Crippen LogP contribution in [0.5, 0.6) is 11.6 Å². The fourth-order valence-electron chi connectivity index (χ4n) is 3.83. The molecular formula is C21H17ClN2O4S3. The van der Waals surface area contributed by atoms with Gasteiger partial charge in [0.15, 0.2) is 0 Å². The fourth-order valence-corrected chi connectivity index (χ4v) is 7.47. The van der Waals surface area contributed by atoms with E-state index in [2.05, 4.69) is 0 Å². The third-order valence-electron chi connectivity index (χ3n) is 5.35. The van der Waals surface area contributed by atoms with Crippen molar-refractivity contribution in [2.45, 2.75) is 18.7 Å². The number of aromatic hydroxyl groups is 1. The Bertz CT molecular complexity index is 1390. The zero-order valence-corrected chi connectivity index (χ0v) is 19.6. The highest BCUT2D eigenvalue weighted by molar-refractivity contribution is 7.84. The van der Waals surface area contributed by atoms with Crippen LogP contribution in [-0.2, 0) is 29.5 Å². The molecule has 0 saturated heterocycles. The fraction of sp³-hybridized carbons (Fsp3) is 0.238. The van der Waals surface area contributed by atoms with Crippen molar-refractivity contribution < 1.29 is 14.1 Å². The lowest BCUT2D eigenvalue weighted by Crippen LogP contribution is -2.15. The maximum absolute atomic E-state index is 12.1. The van der Waals surface area contributed by atoms with Gasteiger partial charge in [-0.1, -0.05) is 35.1 Å². The van der Waals surface area contributed by atoms with Crippen LogP contribution < -0.4 is 9.61 Å². The van der Waals surface area contributed by atoms with Gasteiger partial charge in [-0.15, -0.1) is 11.3 Å². The third-order valence-corrected chi connectivity index (χ3v) is 9.09. The second-order valence-electron chi connectivity index (χ2n) is 7.14. The molecule has 5 rings (SSSR count). The number of hydrogen-bond acceptors (Lipinski definition) is 7. The van der Waals surface area contributed by atoms with Crippen LogP contribution in [0.1, 0.15) is 16.1 Å². The highest BCUT2D eigenvalue weighted by Gasteiger charge is 2.26. The number of thiophene rings is 1. The average molecular weight is 493 g/mol. The minimum atomic E-state index is -0.871. The number of hydrogen-bond donors (Lipinski definition) is 1. The Morgan fingerprint density at radius 2 is 2.10 bits per heavy atom. The summed E-state index contributed by atoms with van der Waals surface area (Å²) in [6, 6.07) is 7.65. The van der Waals surface area contributed by atoms with Crippen molar-refractivity contribution in [1.82, 2.24) is 9.55 Å². The Balaban J connectivity index is 1.77. The van der Waals surface area contributed by atoms with Crippen LogP contribution >= 0.6 is 34.3 Å². The summed E-state index contributed by atoms with van der Waals surface area (Å²) in [6.07, 6.45) is 0.716. The van der Waals surface area contributed by atoms with E-state index in [1.807, 2.05) is 24.3 Å². The molecule has 160 valence electrons. The largest absolute Gasteiger partial charge is 0.497 e. The van der Waals surface area contributed by atoms with Gasteiger partial charge in [0, 0.05) is 32.4 Å². The summed E-state index contributed by atoms with van der Waals surface area (Å²) in [5.74, 6) is 1.77. The van der Waals surface area contributed by atoms with Gasteiger partial charge in [0.1, 0.15) is 10.6 Å². The van der Waals surface area contributed by atoms with E-state index in [1.165, 1.54) is 21.3 Å². The molecule has 1 aliphatic heterocycles. The van der Waals surface area contributed by atoms with Gasteiger partial charge in [-0.25, -0.2) is 4.98 Å². The van der Waals surface area contributed by atoms with Crippen molar-refractivity contribution >= 4 is 55.3 Å². The van der Waals surface area contributed by atoms with Crippen LogP contribution in [0, 0.1) is 0 Å². The average Bonchev–Trinajstić information content (AvgIpc) is 3.28. The lowest BCUT2D eigenvalue weighted by Gasteiger charge is -2.15. The first kappa shape index (κ1) is 20.7. The highest BCUT2D eigenvalue weighted by atomic mass is 35.5. The molecule has 4 heterocycles. The zero-order valence-electron chi connectivity index (χ0n) is 16.4. The first-order valence-corrected chi connectivity index (χ1v) is 13.0. The molecule has 0 amide bonds. The Labute approximate surface area is 193 Å². The molecule has 0 aliphatic carbocycles. The molecule has 4 aromatic rings. The number of fused-ring (bicyclic) bond motifs is 3. The number of nitrogens with zero attached hydrogens (tertiary/aromatic N) is 2. The van der Waals surface area contributed by atoms with Crippen molar-refractivity contribution in [2.75, 3.05) is 12.9 Å². The molecule has 1 N–H and O–H groups in total. The van der Waals surface area contributed by atoms with E-state index in [1.54, 1.807) is 7.11 Å². The number of ether oxygens (including phenoxy) is 1. The van der Waals surface area contributed by atoms with Crippen LogP contribution in [0.3, 0.4) is 0 Å². The van der Waals surface area contributed by atoms with E-state index < -0.39 is 10.8 Å². The molecule has 3 aromatic heterocycles. The first-order valence-electron chi connectivity index (χ1n) is 9.45. The van der Waals surface area contributed by atoms with Gasteiger partial charge in [-0.05, 0) is 29.7 Å². The highest BCUT2D eigenvalue weighted by Crippen LogP contribution is 2.44. The standard InChI is InChI=1S/C21H17ClN2O4S3/c1-28-12-4-2-11(3-5-12)17-18-13-6-7-31(27)10-15(13)30-20(18)23-14(19(17)22)8-24-16(25)9-29-21(24)26/h2-5,9,25H,6-8,10H2,1H3. The number of methoxy groups -OCH3 is 1. The summed E-state index contributed by atoms with van der Waals surface area (Å²) in [6.45, 7) is 0.0700. The predicted molar refractivity (Wildman–Crippen MR) is 126 cm³/mol. The molecule has 0 spiro atoms. The number of aromatic nitrogens is 2. The molecule has 6 nitrogen and oxygen atoms in total. The normalized spacial score (nSPS) is 15.9. The van der Waals surface area contributed by atoms with Crippen molar-refractivity contribution in [3.8, 4) is 22.8 Å². The lowest BCUT2D eigenvalue weighted by molar-refractivity contribution is 0.415. The molecule has 1 atom stereocenters. The minimum Gasteiger partial charge on any atom is -0.497 e. The van der Waals surface area contributed by atoms with Gasteiger partial charge < -0.3 is 9.84 Å². The van der Waals surface area contributed by atoms with E-state index in [4.69, 9.17) is 21.3 Å². The van der Waals surface area contributed by atoms with E-state index in [-0.39, 0.29) is 17.3 Å². The summed E-state index contributed by atoms with van der Waals surface area (Å²) >= 11 is 9.36. The molecule has 0 radical (unpaired) electrons. The van der Waals surface area contributed by atoms with Gasteiger partial charge in [-0.2, -0.15) is 0 Å². The molecular weight excluding hydrogens is 476 g/mol. The molecule has 10 heteroatoms. The van der Waals surface area contributed by atoms with E-state index in [0.717, 1.165) is 48.9 Å². The number of aryl methyl sites for hydroxylation is 1. The number of rotatable bonds is 4. The van der Waals surface area contributed by atoms with Crippen LogP contribution in [-0.4, -0.2) is 31.7 Å². The molecule has 1 aromatic carbocycles. The maximum atomic E-state index is 12.1. The number of benzene rings is 1. The van der Waals surface area contributed by atoms with Gasteiger partial charge in [0.25, 0.3) is 0 Å². The predicted octanol–water partition coefficient (Wildman–Crippen LogP) is 4.41. The van der Waals surface area contributed by atoms with Crippen LogP contribution in [0.15, 0.2) is 34.4 Å². The number of thiazole rings is 1. The van der Waals surface area contributed by atoms with E-state index in [0.29, 0.717) is 28.6 Å². The Morgan fingerprint density at radius 1 is 1.32 bits per heavy atom. The van der Waals surface area contributed by atoms with Crippen molar-refractivity contribution in [3.63, 3.8) is 0 Å². The quantitative estimate of drug-likeness (QED) is 0.456. The minimum absolute atomic E-state index is 0.0700. The van der Waals surface area contributed by atoms with Crippen LogP contribution in [0.25, 0.3) is 21.3 Å². The number of pyridine rings is 1. The van der Waals surface area contributed by atoms with Gasteiger partial charge in [-0.3, -0.25) is 13.6 Å². The summed E-state index contributed by atoms with van der Waals surface area (Å²) in [5, 5.41) is 12.9. The molecule has 0 fully saturated rings. The lowest BCUT2D eigenvalue weighted by atomic mass is 9.97.